The van der Waals surface area contributed by atoms with Gasteiger partial charge in [0.1, 0.15) is 0 Å². The molecule has 3 rings (SSSR count). The number of rotatable bonds is 2. The summed E-state index contributed by atoms with van der Waals surface area (Å²) in [6, 6.07) is 6.97. The Balaban J connectivity index is 1.76. The van der Waals surface area contributed by atoms with Gasteiger partial charge in [-0.05, 0) is 49.3 Å². The minimum atomic E-state index is 0.369. The zero-order valence-electron chi connectivity index (χ0n) is 11.9. The van der Waals surface area contributed by atoms with E-state index in [1.165, 1.54) is 31.4 Å². The van der Waals surface area contributed by atoms with Crippen LogP contribution in [0.2, 0.25) is 5.02 Å². The molecule has 2 fully saturated rings. The number of likely N-dealkylation sites (tertiary alicyclic amines) is 1. The third-order valence-corrected chi connectivity index (χ3v) is 5.96. The smallest absolute Gasteiger partial charge is 0.0464 e. The molecule has 1 aromatic rings. The molecule has 2 aliphatic rings. The second-order valence-electron chi connectivity index (χ2n) is 6.31. The van der Waals surface area contributed by atoms with Gasteiger partial charge in [0.2, 0.25) is 0 Å². The Bertz CT molecular complexity index is 493. The van der Waals surface area contributed by atoms with E-state index >= 15 is 0 Å². The third kappa shape index (κ3) is 2.78. The van der Waals surface area contributed by atoms with Gasteiger partial charge in [-0.3, -0.25) is 4.90 Å². The Kier molecular flexibility index (Phi) is 4.42. The van der Waals surface area contributed by atoms with Gasteiger partial charge in [0.25, 0.3) is 0 Å². The zero-order chi connectivity index (χ0) is 14.3. The van der Waals surface area contributed by atoms with E-state index in [1.807, 2.05) is 6.07 Å². The molecule has 0 amide bonds. The van der Waals surface area contributed by atoms with Crippen LogP contribution in [0.15, 0.2) is 22.7 Å². The van der Waals surface area contributed by atoms with E-state index in [9.17, 15) is 0 Å². The molecule has 110 valence electrons. The van der Waals surface area contributed by atoms with Gasteiger partial charge in [-0.15, -0.1) is 0 Å². The fraction of sp³-hybridized carbons (Fsp3) is 0.625. The summed E-state index contributed by atoms with van der Waals surface area (Å²) in [5.74, 6) is 1.47. The molecule has 1 heterocycles. The highest BCUT2D eigenvalue weighted by atomic mass is 79.9. The lowest BCUT2D eigenvalue weighted by atomic mass is 9.78. The fourth-order valence-corrected chi connectivity index (χ4v) is 4.74. The second-order valence-corrected chi connectivity index (χ2v) is 7.64. The molecule has 2 N–H and O–H groups in total. The maximum Gasteiger partial charge on any atom is 0.0464 e. The third-order valence-electron chi connectivity index (χ3n) is 5.14. The Hall–Kier alpha value is -0.0900. The van der Waals surface area contributed by atoms with Gasteiger partial charge < -0.3 is 5.73 Å². The van der Waals surface area contributed by atoms with Crippen LogP contribution < -0.4 is 5.73 Å². The maximum atomic E-state index is 6.40. The van der Waals surface area contributed by atoms with Gasteiger partial charge in [-0.2, -0.15) is 0 Å². The van der Waals surface area contributed by atoms with E-state index in [0.29, 0.717) is 18.0 Å². The normalized spacial score (nSPS) is 32.1. The number of fused-ring (bicyclic) bond motifs is 1. The largest absolute Gasteiger partial charge is 0.327 e. The Morgan fingerprint density at radius 1 is 1.35 bits per heavy atom. The van der Waals surface area contributed by atoms with Crippen LogP contribution in [-0.4, -0.2) is 24.0 Å². The van der Waals surface area contributed by atoms with Crippen LogP contribution in [0.1, 0.15) is 37.8 Å². The highest BCUT2D eigenvalue weighted by Crippen LogP contribution is 2.40. The molecule has 0 spiro atoms. The molecule has 0 bridgehead atoms. The van der Waals surface area contributed by atoms with Gasteiger partial charge in [0.15, 0.2) is 0 Å². The lowest BCUT2D eigenvalue weighted by Crippen LogP contribution is -2.38. The molecule has 4 unspecified atom stereocenters. The minimum absolute atomic E-state index is 0.369. The number of nitrogens with zero attached hydrogens (tertiary/aromatic N) is 1. The average molecular weight is 358 g/mol. The quantitative estimate of drug-likeness (QED) is 0.858. The van der Waals surface area contributed by atoms with Crippen LogP contribution in [0.25, 0.3) is 0 Å². The van der Waals surface area contributed by atoms with Crippen molar-refractivity contribution >= 4 is 27.5 Å². The van der Waals surface area contributed by atoms with Crippen LogP contribution in [0, 0.1) is 11.8 Å². The summed E-state index contributed by atoms with van der Waals surface area (Å²) < 4.78 is 1.04. The monoisotopic (exact) mass is 356 g/mol. The second kappa shape index (κ2) is 5.96. The molecule has 4 atom stereocenters. The zero-order valence-corrected chi connectivity index (χ0v) is 14.2. The molecular weight excluding hydrogens is 336 g/mol. The van der Waals surface area contributed by atoms with Crippen molar-refractivity contribution in [1.29, 1.82) is 0 Å². The maximum absolute atomic E-state index is 6.40. The first-order valence-corrected chi connectivity index (χ1v) is 8.68. The predicted molar refractivity (Wildman–Crippen MR) is 87.9 cm³/mol. The molecule has 4 heteroatoms. The molecule has 1 aromatic carbocycles. The number of benzene rings is 1. The van der Waals surface area contributed by atoms with Crippen LogP contribution in [0.5, 0.6) is 0 Å². The van der Waals surface area contributed by atoms with Crippen molar-refractivity contribution in [2.75, 3.05) is 13.1 Å². The first-order valence-electron chi connectivity index (χ1n) is 7.51. The first kappa shape index (κ1) is 14.8. The van der Waals surface area contributed by atoms with Crippen molar-refractivity contribution < 1.29 is 0 Å². The molecular formula is C16H22BrClN2. The lowest BCUT2D eigenvalue weighted by Gasteiger charge is -2.30. The van der Waals surface area contributed by atoms with Crippen molar-refractivity contribution in [2.24, 2.45) is 17.6 Å². The summed E-state index contributed by atoms with van der Waals surface area (Å²) in [6.07, 6.45) is 3.83. The van der Waals surface area contributed by atoms with Gasteiger partial charge in [0, 0.05) is 34.7 Å². The molecule has 20 heavy (non-hydrogen) atoms. The summed E-state index contributed by atoms with van der Waals surface area (Å²) in [7, 11) is 0. The lowest BCUT2D eigenvalue weighted by molar-refractivity contribution is 0.245. The molecule has 1 aliphatic heterocycles. The Labute approximate surface area is 134 Å². The van der Waals surface area contributed by atoms with Crippen molar-refractivity contribution in [3.05, 3.63) is 33.3 Å². The SMILES string of the molecule is CC(c1ccc(Br)cc1Cl)N1CC2CCCC(N)C2C1. The standard InChI is InChI=1S/C16H22BrClN2/c1-10(13-6-5-12(17)7-15(13)18)20-8-11-3-2-4-16(19)14(11)9-20/h5-7,10-11,14,16H,2-4,8-9,19H2,1H3. The highest BCUT2D eigenvalue weighted by Gasteiger charge is 2.40. The molecule has 0 aromatic heterocycles. The van der Waals surface area contributed by atoms with Gasteiger partial charge >= 0.3 is 0 Å². The molecule has 1 saturated heterocycles. The number of hydrogen-bond donors (Lipinski definition) is 1. The summed E-state index contributed by atoms with van der Waals surface area (Å²) in [6.45, 7) is 4.56. The summed E-state index contributed by atoms with van der Waals surface area (Å²) in [5.41, 5.74) is 7.54. The number of nitrogens with two attached hydrogens (primary N) is 1. The van der Waals surface area contributed by atoms with Gasteiger partial charge in [0.05, 0.1) is 0 Å². The van der Waals surface area contributed by atoms with E-state index in [1.54, 1.807) is 0 Å². The van der Waals surface area contributed by atoms with E-state index in [2.05, 4.69) is 39.9 Å². The summed E-state index contributed by atoms with van der Waals surface area (Å²) in [4.78, 5) is 2.57. The number of halogens is 2. The number of hydrogen-bond acceptors (Lipinski definition) is 2. The summed E-state index contributed by atoms with van der Waals surface area (Å²) >= 11 is 9.87. The van der Waals surface area contributed by atoms with Crippen molar-refractivity contribution in [3.63, 3.8) is 0 Å². The van der Waals surface area contributed by atoms with E-state index < -0.39 is 0 Å². The topological polar surface area (TPSA) is 29.3 Å². The minimum Gasteiger partial charge on any atom is -0.327 e. The van der Waals surface area contributed by atoms with Crippen molar-refractivity contribution in [1.82, 2.24) is 4.90 Å². The molecule has 1 saturated carbocycles. The molecule has 0 radical (unpaired) electrons. The van der Waals surface area contributed by atoms with Crippen molar-refractivity contribution in [2.45, 2.75) is 38.3 Å². The first-order chi connectivity index (χ1) is 9.56. The van der Waals surface area contributed by atoms with E-state index in [0.717, 1.165) is 22.0 Å². The highest BCUT2D eigenvalue weighted by molar-refractivity contribution is 9.10. The van der Waals surface area contributed by atoms with E-state index in [-0.39, 0.29) is 0 Å². The van der Waals surface area contributed by atoms with Crippen LogP contribution in [0.4, 0.5) is 0 Å². The van der Waals surface area contributed by atoms with Crippen LogP contribution >= 0.6 is 27.5 Å². The predicted octanol–water partition coefficient (Wildman–Crippen LogP) is 4.22. The van der Waals surface area contributed by atoms with E-state index in [4.69, 9.17) is 17.3 Å². The summed E-state index contributed by atoms with van der Waals surface area (Å²) in [5, 5.41) is 0.853. The molecule has 1 aliphatic carbocycles. The Morgan fingerprint density at radius 2 is 2.15 bits per heavy atom. The van der Waals surface area contributed by atoms with Crippen molar-refractivity contribution in [3.8, 4) is 0 Å². The molecule has 2 nitrogen and oxygen atoms in total. The average Bonchev–Trinajstić information content (AvgIpc) is 2.83. The van der Waals surface area contributed by atoms with Gasteiger partial charge in [-0.25, -0.2) is 0 Å². The Morgan fingerprint density at radius 3 is 2.85 bits per heavy atom. The van der Waals surface area contributed by atoms with Crippen LogP contribution in [0.3, 0.4) is 0 Å². The van der Waals surface area contributed by atoms with Crippen LogP contribution in [-0.2, 0) is 0 Å². The fourth-order valence-electron chi connectivity index (χ4n) is 3.90. The van der Waals surface area contributed by atoms with Gasteiger partial charge in [-0.1, -0.05) is 40.0 Å².